The highest BCUT2D eigenvalue weighted by Crippen LogP contribution is 2.13. The molecule has 1 aliphatic heterocycles. The molecule has 0 radical (unpaired) electrons. The highest BCUT2D eigenvalue weighted by molar-refractivity contribution is 5.77. The molecule has 1 aromatic heterocycles. The molecule has 1 aliphatic rings. The van der Waals surface area contributed by atoms with E-state index in [2.05, 4.69) is 10.2 Å². The van der Waals surface area contributed by atoms with Gasteiger partial charge in [0.05, 0.1) is 5.69 Å². The minimum atomic E-state index is 0.0849. The van der Waals surface area contributed by atoms with Gasteiger partial charge in [0, 0.05) is 45.2 Å². The Bertz CT molecular complexity index is 482. The summed E-state index contributed by atoms with van der Waals surface area (Å²) in [6.45, 7) is 8.07. The number of nitrogens with one attached hydrogen (secondary N) is 1. The molecule has 2 amide bonds. The fourth-order valence-corrected chi connectivity index (χ4v) is 2.60. The zero-order valence-corrected chi connectivity index (χ0v) is 12.4. The number of piperazine rings is 1. The van der Waals surface area contributed by atoms with Gasteiger partial charge in [-0.2, -0.15) is 5.10 Å². The molecular formula is C14H22N4O2. The van der Waals surface area contributed by atoms with E-state index in [1.165, 1.54) is 0 Å². The van der Waals surface area contributed by atoms with Crippen LogP contribution in [0.2, 0.25) is 0 Å². The van der Waals surface area contributed by atoms with Crippen LogP contribution in [0.15, 0.2) is 0 Å². The smallest absolute Gasteiger partial charge is 0.223 e. The maximum absolute atomic E-state index is 12.2. The number of hydrogen-bond donors (Lipinski definition) is 1. The Hall–Kier alpha value is -1.85. The molecule has 1 saturated heterocycles. The Morgan fingerprint density at radius 1 is 1.15 bits per heavy atom. The van der Waals surface area contributed by atoms with Crippen molar-refractivity contribution in [2.45, 2.75) is 33.6 Å². The summed E-state index contributed by atoms with van der Waals surface area (Å²) in [6, 6.07) is 0. The first kappa shape index (κ1) is 14.6. The summed E-state index contributed by atoms with van der Waals surface area (Å²) in [5.41, 5.74) is 3.15. The van der Waals surface area contributed by atoms with Crippen LogP contribution in [0.5, 0.6) is 0 Å². The number of aromatic nitrogens is 2. The van der Waals surface area contributed by atoms with Gasteiger partial charge in [-0.3, -0.25) is 14.7 Å². The molecular weight excluding hydrogens is 256 g/mol. The summed E-state index contributed by atoms with van der Waals surface area (Å²) in [5.74, 6) is 0.245. The third-order valence-electron chi connectivity index (χ3n) is 3.95. The van der Waals surface area contributed by atoms with E-state index in [0.29, 0.717) is 32.6 Å². The molecule has 1 N–H and O–H groups in total. The number of aryl methyl sites for hydroxylation is 2. The summed E-state index contributed by atoms with van der Waals surface area (Å²) >= 11 is 0. The highest BCUT2D eigenvalue weighted by Gasteiger charge is 2.22. The van der Waals surface area contributed by atoms with E-state index in [1.54, 1.807) is 11.8 Å². The van der Waals surface area contributed by atoms with Crippen LogP contribution >= 0.6 is 0 Å². The van der Waals surface area contributed by atoms with Gasteiger partial charge in [0.1, 0.15) is 0 Å². The van der Waals surface area contributed by atoms with Crippen molar-refractivity contribution in [3.63, 3.8) is 0 Å². The second kappa shape index (κ2) is 6.07. The molecule has 6 nitrogen and oxygen atoms in total. The molecule has 0 atom stereocenters. The van der Waals surface area contributed by atoms with Gasteiger partial charge in [-0.05, 0) is 25.8 Å². The molecule has 0 aliphatic carbocycles. The lowest BCUT2D eigenvalue weighted by atomic mass is 10.1. The predicted molar refractivity (Wildman–Crippen MR) is 75.2 cm³/mol. The lowest BCUT2D eigenvalue weighted by Gasteiger charge is -2.34. The van der Waals surface area contributed by atoms with Crippen LogP contribution in [0.3, 0.4) is 0 Å². The lowest BCUT2D eigenvalue weighted by Crippen LogP contribution is -2.50. The Kier molecular flexibility index (Phi) is 4.42. The number of aromatic amines is 1. The second-order valence-electron chi connectivity index (χ2n) is 5.30. The monoisotopic (exact) mass is 278 g/mol. The normalized spacial score (nSPS) is 15.6. The fraction of sp³-hybridized carbons (Fsp3) is 0.643. The summed E-state index contributed by atoms with van der Waals surface area (Å²) in [7, 11) is 0. The number of hydrogen-bond acceptors (Lipinski definition) is 3. The number of amides is 2. The van der Waals surface area contributed by atoms with Crippen molar-refractivity contribution in [1.82, 2.24) is 20.0 Å². The van der Waals surface area contributed by atoms with Gasteiger partial charge in [0.2, 0.25) is 11.8 Å². The summed E-state index contributed by atoms with van der Waals surface area (Å²) in [4.78, 5) is 27.1. The molecule has 2 rings (SSSR count). The summed E-state index contributed by atoms with van der Waals surface area (Å²) in [5, 5.41) is 7.08. The quantitative estimate of drug-likeness (QED) is 0.882. The van der Waals surface area contributed by atoms with E-state index in [1.807, 2.05) is 18.7 Å². The van der Waals surface area contributed by atoms with Gasteiger partial charge in [0.15, 0.2) is 0 Å². The molecule has 6 heteroatoms. The van der Waals surface area contributed by atoms with Crippen LogP contribution in [0.4, 0.5) is 0 Å². The minimum absolute atomic E-state index is 0.0849. The third-order valence-corrected chi connectivity index (χ3v) is 3.95. The number of rotatable bonds is 3. The van der Waals surface area contributed by atoms with Gasteiger partial charge in [-0.25, -0.2) is 0 Å². The number of carbonyl (C=O) groups excluding carboxylic acids is 2. The van der Waals surface area contributed by atoms with Gasteiger partial charge < -0.3 is 9.80 Å². The SMILES string of the molecule is CC(=O)N1CCN(C(=O)CCc2c(C)n[nH]c2C)CC1. The van der Waals surface area contributed by atoms with Crippen LogP contribution in [-0.4, -0.2) is 58.0 Å². The van der Waals surface area contributed by atoms with Crippen molar-refractivity contribution < 1.29 is 9.59 Å². The van der Waals surface area contributed by atoms with Crippen molar-refractivity contribution in [1.29, 1.82) is 0 Å². The van der Waals surface area contributed by atoms with Crippen LogP contribution in [0.25, 0.3) is 0 Å². The first-order chi connectivity index (χ1) is 9.49. The molecule has 110 valence electrons. The molecule has 0 unspecified atom stereocenters. The predicted octanol–water partition coefficient (Wildman–Crippen LogP) is 0.650. The Morgan fingerprint density at radius 2 is 1.75 bits per heavy atom. The number of carbonyl (C=O) groups is 2. The minimum Gasteiger partial charge on any atom is -0.339 e. The first-order valence-electron chi connectivity index (χ1n) is 7.02. The van der Waals surface area contributed by atoms with E-state index < -0.39 is 0 Å². The fourth-order valence-electron chi connectivity index (χ4n) is 2.60. The Labute approximate surface area is 119 Å². The van der Waals surface area contributed by atoms with Crippen molar-refractivity contribution >= 4 is 11.8 Å². The lowest BCUT2D eigenvalue weighted by molar-refractivity contribution is -0.138. The molecule has 0 spiro atoms. The van der Waals surface area contributed by atoms with E-state index >= 15 is 0 Å². The third kappa shape index (κ3) is 3.18. The molecule has 2 heterocycles. The highest BCUT2D eigenvalue weighted by atomic mass is 16.2. The first-order valence-corrected chi connectivity index (χ1v) is 7.02. The van der Waals surface area contributed by atoms with Crippen LogP contribution in [0.1, 0.15) is 30.3 Å². The summed E-state index contributed by atoms with van der Waals surface area (Å²) in [6.07, 6.45) is 1.22. The van der Waals surface area contributed by atoms with Crippen molar-refractivity contribution in [2.75, 3.05) is 26.2 Å². The maximum Gasteiger partial charge on any atom is 0.223 e. The molecule has 0 saturated carbocycles. The molecule has 0 bridgehead atoms. The summed E-state index contributed by atoms with van der Waals surface area (Å²) < 4.78 is 0. The molecule has 0 aromatic carbocycles. The van der Waals surface area contributed by atoms with E-state index in [9.17, 15) is 9.59 Å². The van der Waals surface area contributed by atoms with Crippen LogP contribution in [-0.2, 0) is 16.0 Å². The van der Waals surface area contributed by atoms with Crippen molar-refractivity contribution in [3.8, 4) is 0 Å². The Morgan fingerprint density at radius 3 is 2.25 bits per heavy atom. The number of H-pyrrole nitrogens is 1. The standard InChI is InChI=1S/C14H22N4O2/c1-10-13(11(2)16-15-10)4-5-14(20)18-8-6-17(7-9-18)12(3)19/h4-9H2,1-3H3,(H,15,16). The Balaban J connectivity index is 1.83. The van der Waals surface area contributed by atoms with E-state index in [-0.39, 0.29) is 11.8 Å². The molecule has 20 heavy (non-hydrogen) atoms. The topological polar surface area (TPSA) is 69.3 Å². The van der Waals surface area contributed by atoms with E-state index in [4.69, 9.17) is 0 Å². The average molecular weight is 278 g/mol. The number of nitrogens with zero attached hydrogens (tertiary/aromatic N) is 3. The van der Waals surface area contributed by atoms with Crippen LogP contribution < -0.4 is 0 Å². The molecule has 1 aromatic rings. The van der Waals surface area contributed by atoms with Gasteiger partial charge in [-0.15, -0.1) is 0 Å². The van der Waals surface area contributed by atoms with Gasteiger partial charge >= 0.3 is 0 Å². The van der Waals surface area contributed by atoms with Gasteiger partial charge in [0.25, 0.3) is 0 Å². The molecule has 1 fully saturated rings. The van der Waals surface area contributed by atoms with E-state index in [0.717, 1.165) is 23.4 Å². The van der Waals surface area contributed by atoms with Crippen LogP contribution in [0, 0.1) is 13.8 Å². The van der Waals surface area contributed by atoms with Crippen molar-refractivity contribution in [2.24, 2.45) is 0 Å². The maximum atomic E-state index is 12.2. The largest absolute Gasteiger partial charge is 0.339 e. The second-order valence-corrected chi connectivity index (χ2v) is 5.30. The van der Waals surface area contributed by atoms with Crippen molar-refractivity contribution in [3.05, 3.63) is 17.0 Å². The zero-order chi connectivity index (χ0) is 14.7. The zero-order valence-electron chi connectivity index (χ0n) is 12.4. The average Bonchev–Trinajstić information content (AvgIpc) is 2.75. The van der Waals surface area contributed by atoms with Gasteiger partial charge in [-0.1, -0.05) is 0 Å².